The van der Waals surface area contributed by atoms with Gasteiger partial charge in [-0.15, -0.1) is 10.2 Å². The quantitative estimate of drug-likeness (QED) is 0.680. The van der Waals surface area contributed by atoms with Crippen LogP contribution in [0.15, 0.2) is 6.07 Å². The summed E-state index contributed by atoms with van der Waals surface area (Å²) < 4.78 is 6.48. The Morgan fingerprint density at radius 2 is 2.04 bits per heavy atom. The van der Waals surface area contributed by atoms with Crippen molar-refractivity contribution in [3.63, 3.8) is 0 Å². The molecule has 0 spiro atoms. The molecule has 0 saturated carbocycles. The Bertz CT molecular complexity index is 954. The first-order chi connectivity index (χ1) is 13.2. The number of likely N-dealkylation sites (tertiary alicyclic amines) is 1. The molecule has 0 aromatic carbocycles. The molecule has 3 aromatic heterocycles. The monoisotopic (exact) mass is 384 g/mol. The fraction of sp³-hybridized carbons (Fsp3) is 0.611. The van der Waals surface area contributed by atoms with E-state index in [0.29, 0.717) is 5.92 Å². The minimum absolute atomic E-state index is 0.420. The van der Waals surface area contributed by atoms with Crippen LogP contribution in [0.5, 0.6) is 0 Å². The highest BCUT2D eigenvalue weighted by atomic mass is 32.1. The molecule has 4 heterocycles. The first-order valence-electron chi connectivity index (χ1n) is 9.64. The predicted molar refractivity (Wildman–Crippen MR) is 104 cm³/mol. The average Bonchev–Trinajstić information content (AvgIpc) is 3.39. The number of aromatic nitrogens is 6. The van der Waals surface area contributed by atoms with Crippen LogP contribution in [0.2, 0.25) is 0 Å². The van der Waals surface area contributed by atoms with E-state index in [1.54, 1.807) is 0 Å². The van der Waals surface area contributed by atoms with Crippen LogP contribution in [-0.4, -0.2) is 61.3 Å². The van der Waals surface area contributed by atoms with Gasteiger partial charge < -0.3 is 4.90 Å². The molecule has 5 rings (SSSR count). The maximum atomic E-state index is 4.85. The number of fused-ring (bicyclic) bond motifs is 2. The van der Waals surface area contributed by atoms with Crippen molar-refractivity contribution in [1.29, 1.82) is 0 Å². The largest absolute Gasteiger partial charge is 0.353 e. The van der Waals surface area contributed by atoms with Crippen molar-refractivity contribution < 1.29 is 0 Å². The molecule has 0 N–H and O–H groups in total. The molecule has 0 bridgehead atoms. The minimum atomic E-state index is 0.420. The van der Waals surface area contributed by atoms with Gasteiger partial charge in [-0.1, -0.05) is 0 Å². The van der Waals surface area contributed by atoms with Gasteiger partial charge in [-0.2, -0.15) is 14.0 Å². The molecule has 1 aliphatic carbocycles. The molecule has 0 atom stereocenters. The van der Waals surface area contributed by atoms with Crippen molar-refractivity contribution in [2.24, 2.45) is 0 Å². The smallest absolute Gasteiger partial charge is 0.204 e. The van der Waals surface area contributed by atoms with Crippen LogP contribution in [0.25, 0.3) is 5.65 Å². The number of piperidine rings is 1. The van der Waals surface area contributed by atoms with E-state index in [9.17, 15) is 0 Å². The second-order valence-corrected chi connectivity index (χ2v) is 8.47. The Labute approximate surface area is 162 Å². The lowest BCUT2D eigenvalue weighted by Gasteiger charge is -2.30. The molecule has 9 heteroatoms. The Kier molecular flexibility index (Phi) is 4.28. The van der Waals surface area contributed by atoms with Gasteiger partial charge in [0.15, 0.2) is 17.3 Å². The lowest BCUT2D eigenvalue weighted by Crippen LogP contribution is -2.33. The summed E-state index contributed by atoms with van der Waals surface area (Å²) in [6, 6.07) is 2.18. The summed E-state index contributed by atoms with van der Waals surface area (Å²) in [5.74, 6) is 2.37. The van der Waals surface area contributed by atoms with Crippen LogP contribution >= 0.6 is 11.5 Å². The summed E-state index contributed by atoms with van der Waals surface area (Å²) >= 11 is 1.46. The fourth-order valence-corrected chi connectivity index (χ4v) is 4.68. The normalized spacial score (nSPS) is 18.3. The lowest BCUT2D eigenvalue weighted by atomic mass is 9.96. The lowest BCUT2D eigenvalue weighted by molar-refractivity contribution is 0.197. The standard InChI is InChI=1S/C18H24N8S/c1-24(2)18-19-15(23-27-18)11-25-8-6-12(7-9-25)17-21-20-16-10-13-4-3-5-14(13)22-26(16)17/h10,12H,3-9,11H2,1-2H3. The number of anilines is 1. The predicted octanol–water partition coefficient (Wildman–Crippen LogP) is 1.91. The molecule has 2 aliphatic rings. The van der Waals surface area contributed by atoms with Crippen LogP contribution in [0.1, 0.15) is 48.1 Å². The second-order valence-electron chi connectivity index (χ2n) is 7.74. The summed E-state index contributed by atoms with van der Waals surface area (Å²) in [4.78, 5) is 9.05. The van der Waals surface area contributed by atoms with Crippen molar-refractivity contribution >= 4 is 22.3 Å². The molecule has 1 fully saturated rings. The van der Waals surface area contributed by atoms with Gasteiger partial charge in [0.25, 0.3) is 0 Å². The maximum Gasteiger partial charge on any atom is 0.204 e. The van der Waals surface area contributed by atoms with Crippen LogP contribution in [0.4, 0.5) is 5.13 Å². The highest BCUT2D eigenvalue weighted by Crippen LogP contribution is 2.29. The number of aryl methyl sites for hydroxylation is 2. The second kappa shape index (κ2) is 6.79. The first-order valence-corrected chi connectivity index (χ1v) is 10.4. The molecular formula is C18H24N8S. The molecule has 0 unspecified atom stereocenters. The van der Waals surface area contributed by atoms with E-state index in [1.807, 2.05) is 23.5 Å². The summed E-state index contributed by atoms with van der Waals surface area (Å²) in [7, 11) is 4.00. The number of hydrogen-bond acceptors (Lipinski definition) is 8. The van der Waals surface area contributed by atoms with Gasteiger partial charge >= 0.3 is 0 Å². The van der Waals surface area contributed by atoms with Gasteiger partial charge in [-0.3, -0.25) is 4.90 Å². The van der Waals surface area contributed by atoms with Crippen molar-refractivity contribution in [2.45, 2.75) is 44.6 Å². The van der Waals surface area contributed by atoms with Crippen molar-refractivity contribution in [3.8, 4) is 0 Å². The van der Waals surface area contributed by atoms with Gasteiger partial charge in [0.05, 0.1) is 12.2 Å². The van der Waals surface area contributed by atoms with Crippen molar-refractivity contribution in [2.75, 3.05) is 32.1 Å². The molecular weight excluding hydrogens is 360 g/mol. The van der Waals surface area contributed by atoms with Crippen LogP contribution in [0.3, 0.4) is 0 Å². The molecule has 27 heavy (non-hydrogen) atoms. The van der Waals surface area contributed by atoms with E-state index in [-0.39, 0.29) is 0 Å². The number of nitrogens with zero attached hydrogens (tertiary/aromatic N) is 8. The van der Waals surface area contributed by atoms with Gasteiger partial charge in [-0.05, 0) is 56.8 Å². The highest BCUT2D eigenvalue weighted by molar-refractivity contribution is 7.09. The molecule has 0 radical (unpaired) electrons. The zero-order chi connectivity index (χ0) is 18.4. The fourth-order valence-electron chi connectivity index (χ4n) is 4.09. The zero-order valence-electron chi connectivity index (χ0n) is 15.8. The third-order valence-corrected chi connectivity index (χ3v) is 6.52. The third-order valence-electron chi connectivity index (χ3n) is 5.60. The summed E-state index contributed by atoms with van der Waals surface area (Å²) in [5, 5.41) is 14.7. The Morgan fingerprint density at radius 3 is 2.81 bits per heavy atom. The van der Waals surface area contributed by atoms with E-state index in [2.05, 4.69) is 30.5 Å². The molecule has 0 amide bonds. The molecule has 1 aliphatic heterocycles. The van der Waals surface area contributed by atoms with E-state index in [4.69, 9.17) is 5.10 Å². The average molecular weight is 385 g/mol. The SMILES string of the molecule is CN(C)c1nc(CN2CCC(c3nnc4cc5c(nn34)CCC5)CC2)ns1. The van der Waals surface area contributed by atoms with Crippen molar-refractivity contribution in [3.05, 3.63) is 29.0 Å². The van der Waals surface area contributed by atoms with E-state index < -0.39 is 0 Å². The molecule has 1 saturated heterocycles. The van der Waals surface area contributed by atoms with Crippen LogP contribution < -0.4 is 4.90 Å². The first kappa shape index (κ1) is 17.0. The Balaban J connectivity index is 1.27. The molecule has 3 aromatic rings. The molecule has 8 nitrogen and oxygen atoms in total. The minimum Gasteiger partial charge on any atom is -0.353 e. The van der Waals surface area contributed by atoms with E-state index >= 15 is 0 Å². The van der Waals surface area contributed by atoms with E-state index in [0.717, 1.165) is 67.7 Å². The summed E-state index contributed by atoms with van der Waals surface area (Å²) in [5.41, 5.74) is 3.48. The van der Waals surface area contributed by atoms with Crippen LogP contribution in [0, 0.1) is 0 Å². The van der Waals surface area contributed by atoms with Gasteiger partial charge in [-0.25, -0.2) is 4.98 Å². The maximum absolute atomic E-state index is 4.85. The highest BCUT2D eigenvalue weighted by Gasteiger charge is 2.26. The molecule has 142 valence electrons. The Morgan fingerprint density at radius 1 is 1.19 bits per heavy atom. The zero-order valence-corrected chi connectivity index (χ0v) is 16.6. The van der Waals surface area contributed by atoms with Crippen molar-refractivity contribution in [1.82, 2.24) is 34.1 Å². The van der Waals surface area contributed by atoms with Crippen LogP contribution in [-0.2, 0) is 19.4 Å². The summed E-state index contributed by atoms with van der Waals surface area (Å²) in [6.07, 6.45) is 5.56. The van der Waals surface area contributed by atoms with Gasteiger partial charge in [0.2, 0.25) is 5.13 Å². The van der Waals surface area contributed by atoms with Gasteiger partial charge in [0.1, 0.15) is 0 Å². The van der Waals surface area contributed by atoms with E-state index in [1.165, 1.54) is 29.2 Å². The number of hydrogen-bond donors (Lipinski definition) is 0. The van der Waals surface area contributed by atoms with Gasteiger partial charge in [0, 0.05) is 31.5 Å². The number of rotatable bonds is 4. The third kappa shape index (κ3) is 3.19. The Hall–Kier alpha value is -2.13. The topological polar surface area (TPSA) is 75.3 Å². The summed E-state index contributed by atoms with van der Waals surface area (Å²) in [6.45, 7) is 2.88.